The fraction of sp³-hybridized carbons (Fsp3) is 0.235. The number of hydrogen-bond acceptors (Lipinski definition) is 5. The largest absolute Gasteiger partial charge is 0.507 e. The minimum Gasteiger partial charge on any atom is -0.507 e. The summed E-state index contributed by atoms with van der Waals surface area (Å²) >= 11 is 3.26. The highest BCUT2D eigenvalue weighted by Crippen LogP contribution is 2.23. The minimum absolute atomic E-state index is 0.113. The lowest BCUT2D eigenvalue weighted by Crippen LogP contribution is -2.21. The normalized spacial score (nSPS) is 10.8. The molecule has 0 atom stereocenters. The highest BCUT2D eigenvalue weighted by Gasteiger charge is 2.07. The van der Waals surface area contributed by atoms with Crippen molar-refractivity contribution in [1.82, 2.24) is 10.4 Å². The minimum atomic E-state index is -0.376. The second-order valence-electron chi connectivity index (χ2n) is 5.01. The zero-order chi connectivity index (χ0) is 17.5. The number of nitrogens with zero attached hydrogens (tertiary/aromatic N) is 3. The first-order valence-electron chi connectivity index (χ1n) is 7.57. The van der Waals surface area contributed by atoms with E-state index in [0.717, 1.165) is 18.8 Å². The molecule has 1 heterocycles. The van der Waals surface area contributed by atoms with Gasteiger partial charge in [0.15, 0.2) is 0 Å². The average molecular weight is 391 g/mol. The number of aromatic hydroxyl groups is 1. The molecule has 7 heteroatoms. The van der Waals surface area contributed by atoms with Gasteiger partial charge in [-0.15, -0.1) is 0 Å². The van der Waals surface area contributed by atoms with Crippen LogP contribution in [0, 0.1) is 0 Å². The van der Waals surface area contributed by atoms with Crippen LogP contribution in [0.5, 0.6) is 5.75 Å². The Morgan fingerprint density at radius 2 is 2.08 bits per heavy atom. The van der Waals surface area contributed by atoms with Gasteiger partial charge < -0.3 is 10.0 Å². The van der Waals surface area contributed by atoms with Crippen molar-refractivity contribution in [3.63, 3.8) is 0 Å². The van der Waals surface area contributed by atoms with Crippen LogP contribution < -0.4 is 10.3 Å². The van der Waals surface area contributed by atoms with Crippen molar-refractivity contribution < 1.29 is 9.90 Å². The number of amides is 1. The molecule has 2 N–H and O–H groups in total. The number of hydrazone groups is 1. The maximum Gasteiger partial charge on any atom is 0.272 e. The van der Waals surface area contributed by atoms with Gasteiger partial charge in [0, 0.05) is 47.3 Å². The van der Waals surface area contributed by atoms with E-state index in [1.807, 2.05) is 6.07 Å². The van der Waals surface area contributed by atoms with Crippen LogP contribution in [0.2, 0.25) is 0 Å². The molecule has 1 amide bonds. The van der Waals surface area contributed by atoms with Crippen LogP contribution >= 0.6 is 15.9 Å². The molecule has 0 saturated heterocycles. The summed E-state index contributed by atoms with van der Waals surface area (Å²) in [5, 5.41) is 14.0. The van der Waals surface area contributed by atoms with Crippen molar-refractivity contribution in [2.75, 3.05) is 18.0 Å². The summed E-state index contributed by atoms with van der Waals surface area (Å²) in [6, 6.07) is 7.01. The van der Waals surface area contributed by atoms with Crippen molar-refractivity contribution in [3.05, 3.63) is 52.3 Å². The number of pyridine rings is 1. The number of nitrogens with one attached hydrogen (secondary N) is 1. The van der Waals surface area contributed by atoms with Gasteiger partial charge in [0.1, 0.15) is 5.75 Å². The van der Waals surface area contributed by atoms with E-state index >= 15 is 0 Å². The maximum absolute atomic E-state index is 11.9. The van der Waals surface area contributed by atoms with Crippen LogP contribution in [0.3, 0.4) is 0 Å². The Balaban J connectivity index is 2.05. The second-order valence-corrected chi connectivity index (χ2v) is 5.92. The van der Waals surface area contributed by atoms with Gasteiger partial charge in [-0.2, -0.15) is 5.10 Å². The lowest BCUT2D eigenvalue weighted by Gasteiger charge is -2.21. The predicted molar refractivity (Wildman–Crippen MR) is 98.7 cm³/mol. The number of hydrogen-bond donors (Lipinski definition) is 2. The average Bonchev–Trinajstić information content (AvgIpc) is 2.57. The molecule has 1 aromatic heterocycles. The van der Waals surface area contributed by atoms with Gasteiger partial charge in [0.05, 0.1) is 11.8 Å². The number of carbonyl (C=O) groups excluding carboxylic acids is 1. The van der Waals surface area contributed by atoms with E-state index in [0.29, 0.717) is 15.6 Å². The quantitative estimate of drug-likeness (QED) is 0.586. The Kier molecular flexibility index (Phi) is 6.31. The first kappa shape index (κ1) is 17.9. The third-order valence-electron chi connectivity index (χ3n) is 3.48. The van der Waals surface area contributed by atoms with Gasteiger partial charge in [-0.1, -0.05) is 0 Å². The van der Waals surface area contributed by atoms with Crippen molar-refractivity contribution in [2.45, 2.75) is 13.8 Å². The Hall–Kier alpha value is -2.41. The Morgan fingerprint density at radius 3 is 2.71 bits per heavy atom. The van der Waals surface area contributed by atoms with Gasteiger partial charge >= 0.3 is 0 Å². The zero-order valence-electron chi connectivity index (χ0n) is 13.5. The molecule has 0 spiro atoms. The molecule has 0 aliphatic carbocycles. The molecule has 0 saturated carbocycles. The molecule has 2 rings (SSSR count). The number of phenols is 1. The number of aromatic nitrogens is 1. The molecule has 1 aromatic carbocycles. The molecule has 24 heavy (non-hydrogen) atoms. The van der Waals surface area contributed by atoms with Gasteiger partial charge in [0.25, 0.3) is 5.91 Å². The smallest absolute Gasteiger partial charge is 0.272 e. The van der Waals surface area contributed by atoms with Gasteiger partial charge in [-0.3, -0.25) is 9.78 Å². The summed E-state index contributed by atoms with van der Waals surface area (Å²) in [5.41, 5.74) is 4.27. The third-order valence-corrected chi connectivity index (χ3v) is 3.91. The summed E-state index contributed by atoms with van der Waals surface area (Å²) in [5.74, 6) is -0.263. The lowest BCUT2D eigenvalue weighted by atomic mass is 10.2. The molecule has 6 nitrogen and oxygen atoms in total. The fourth-order valence-electron chi connectivity index (χ4n) is 2.19. The highest BCUT2D eigenvalue weighted by molar-refractivity contribution is 9.10. The number of benzene rings is 1. The molecule has 126 valence electrons. The first-order chi connectivity index (χ1) is 11.5. The van der Waals surface area contributed by atoms with E-state index in [1.165, 1.54) is 12.4 Å². The van der Waals surface area contributed by atoms with Crippen molar-refractivity contribution in [1.29, 1.82) is 0 Å². The summed E-state index contributed by atoms with van der Waals surface area (Å²) < 4.78 is 0.712. The van der Waals surface area contributed by atoms with E-state index in [2.05, 4.69) is 50.2 Å². The van der Waals surface area contributed by atoms with Crippen molar-refractivity contribution in [2.24, 2.45) is 5.10 Å². The van der Waals surface area contributed by atoms with E-state index in [-0.39, 0.29) is 11.7 Å². The number of halogens is 1. The van der Waals surface area contributed by atoms with E-state index in [9.17, 15) is 9.90 Å². The molecule has 0 aliphatic rings. The Bertz CT molecular complexity index is 745. The Labute approximate surface area is 149 Å². The van der Waals surface area contributed by atoms with Crippen LogP contribution in [0.15, 0.2) is 46.2 Å². The number of carbonyl (C=O) groups is 1. The van der Waals surface area contributed by atoms with E-state index < -0.39 is 0 Å². The zero-order valence-corrected chi connectivity index (χ0v) is 15.1. The molecular weight excluding hydrogens is 372 g/mol. The lowest BCUT2D eigenvalue weighted by molar-refractivity contribution is 0.0954. The number of phenolic OH excluding ortho intramolecular Hbond substituents is 1. The van der Waals surface area contributed by atoms with E-state index in [4.69, 9.17) is 0 Å². The summed E-state index contributed by atoms with van der Waals surface area (Å²) in [6.07, 6.45) is 4.45. The SMILES string of the molecule is CCN(CC)c1ccc(/C=N/NC(=O)c2cncc(Br)c2)c(O)c1. The van der Waals surface area contributed by atoms with Crippen LogP contribution in [0.25, 0.3) is 0 Å². The van der Waals surface area contributed by atoms with Crippen LogP contribution in [0.1, 0.15) is 29.8 Å². The molecule has 0 bridgehead atoms. The number of rotatable bonds is 6. The van der Waals surface area contributed by atoms with E-state index in [1.54, 1.807) is 24.4 Å². The maximum atomic E-state index is 11.9. The monoisotopic (exact) mass is 390 g/mol. The molecule has 2 aromatic rings. The third kappa shape index (κ3) is 4.55. The van der Waals surface area contributed by atoms with Crippen LogP contribution in [0.4, 0.5) is 5.69 Å². The first-order valence-corrected chi connectivity index (χ1v) is 8.36. The summed E-state index contributed by atoms with van der Waals surface area (Å²) in [7, 11) is 0. The van der Waals surface area contributed by atoms with Crippen molar-refractivity contribution in [3.8, 4) is 5.75 Å². The molecule has 0 radical (unpaired) electrons. The summed E-state index contributed by atoms with van der Waals surface area (Å²) in [6.45, 7) is 5.84. The standard InChI is InChI=1S/C17H19BrN4O2/c1-3-22(4-2)15-6-5-12(16(23)8-15)10-20-21-17(24)13-7-14(18)11-19-9-13/h5-11,23H,3-4H2,1-2H3,(H,21,24)/b20-10+. The highest BCUT2D eigenvalue weighted by atomic mass is 79.9. The van der Waals surface area contributed by atoms with Gasteiger partial charge in [0.2, 0.25) is 0 Å². The number of anilines is 1. The molecular formula is C17H19BrN4O2. The predicted octanol–water partition coefficient (Wildman–Crippen LogP) is 3.16. The molecule has 0 fully saturated rings. The Morgan fingerprint density at radius 1 is 1.33 bits per heavy atom. The summed E-state index contributed by atoms with van der Waals surface area (Å²) in [4.78, 5) is 18.0. The second kappa shape index (κ2) is 8.44. The van der Waals surface area contributed by atoms with Crippen LogP contribution in [-0.4, -0.2) is 35.3 Å². The topological polar surface area (TPSA) is 77.8 Å². The molecule has 0 unspecified atom stereocenters. The van der Waals surface area contributed by atoms with Crippen LogP contribution in [-0.2, 0) is 0 Å². The van der Waals surface area contributed by atoms with Gasteiger partial charge in [-0.05, 0) is 48.0 Å². The van der Waals surface area contributed by atoms with Gasteiger partial charge in [-0.25, -0.2) is 5.43 Å². The van der Waals surface area contributed by atoms with Crippen molar-refractivity contribution >= 4 is 33.7 Å². The molecule has 0 aliphatic heterocycles. The fourth-order valence-corrected chi connectivity index (χ4v) is 2.55.